The summed E-state index contributed by atoms with van der Waals surface area (Å²) in [7, 11) is 2.85. The first kappa shape index (κ1) is 15.4. The lowest BCUT2D eigenvalue weighted by molar-refractivity contribution is 0.0591. The summed E-state index contributed by atoms with van der Waals surface area (Å²) < 4.78 is 23.5. The van der Waals surface area contributed by atoms with E-state index in [2.05, 4.69) is 4.74 Å². The van der Waals surface area contributed by atoms with E-state index in [1.54, 1.807) is 19.2 Å². The van der Waals surface area contributed by atoms with Crippen LogP contribution in [-0.4, -0.2) is 20.2 Å². The molecule has 0 unspecified atom stereocenters. The number of rotatable bonds is 5. The summed E-state index contributed by atoms with van der Waals surface area (Å²) in [5.74, 6) is 0.175. The number of carbonyl (C=O) groups excluding carboxylic acids is 1. The lowest BCUT2D eigenvalue weighted by Crippen LogP contribution is -2.06. The van der Waals surface area contributed by atoms with Gasteiger partial charge >= 0.3 is 5.97 Å². The van der Waals surface area contributed by atoms with Crippen LogP contribution < -0.4 is 4.74 Å². The van der Waals surface area contributed by atoms with Crippen LogP contribution in [0.1, 0.15) is 15.9 Å². The number of hydrogen-bond acceptors (Lipinski definition) is 4. The molecule has 3 nitrogen and oxygen atoms in total. The third-order valence-corrected chi connectivity index (χ3v) is 4.05. The molecule has 0 bridgehead atoms. The first-order chi connectivity index (χ1) is 10.2. The van der Waals surface area contributed by atoms with Crippen molar-refractivity contribution in [1.82, 2.24) is 0 Å². The largest absolute Gasteiger partial charge is 0.497 e. The van der Waals surface area contributed by atoms with Crippen molar-refractivity contribution in [3.8, 4) is 5.75 Å². The summed E-state index contributed by atoms with van der Waals surface area (Å²) >= 11 is 1.39. The molecule has 0 aliphatic heterocycles. The molecule has 0 saturated carbocycles. The molecule has 0 N–H and O–H groups in total. The van der Waals surface area contributed by atoms with Crippen molar-refractivity contribution in [1.29, 1.82) is 0 Å². The Morgan fingerprint density at radius 2 is 1.86 bits per heavy atom. The van der Waals surface area contributed by atoms with E-state index in [-0.39, 0.29) is 5.56 Å². The minimum atomic E-state index is -0.662. The summed E-state index contributed by atoms with van der Waals surface area (Å²) in [5.41, 5.74) is 1.04. The highest BCUT2D eigenvalue weighted by molar-refractivity contribution is 7.98. The minimum absolute atomic E-state index is 0.0153. The van der Waals surface area contributed by atoms with Crippen molar-refractivity contribution < 1.29 is 18.7 Å². The average Bonchev–Trinajstić information content (AvgIpc) is 2.52. The molecule has 0 radical (unpaired) electrons. The summed E-state index contributed by atoms with van der Waals surface area (Å²) in [5, 5.41) is 0. The van der Waals surface area contributed by atoms with Crippen LogP contribution in [0.25, 0.3) is 0 Å². The van der Waals surface area contributed by atoms with Crippen LogP contribution in [0.2, 0.25) is 0 Å². The zero-order chi connectivity index (χ0) is 15.2. The molecule has 0 atom stereocenters. The van der Waals surface area contributed by atoms with E-state index in [9.17, 15) is 9.18 Å². The number of halogens is 1. The van der Waals surface area contributed by atoms with Gasteiger partial charge in [-0.15, -0.1) is 11.8 Å². The number of thioether (sulfide) groups is 1. The Balaban J connectivity index is 2.15. The second-order valence-corrected chi connectivity index (χ2v) is 5.26. The fraction of sp³-hybridized carbons (Fsp3) is 0.188. The van der Waals surface area contributed by atoms with Gasteiger partial charge in [-0.1, -0.05) is 18.2 Å². The minimum Gasteiger partial charge on any atom is -0.497 e. The van der Waals surface area contributed by atoms with Gasteiger partial charge in [-0.3, -0.25) is 0 Å². The highest BCUT2D eigenvalue weighted by Crippen LogP contribution is 2.29. The van der Waals surface area contributed by atoms with E-state index in [1.165, 1.54) is 24.9 Å². The van der Waals surface area contributed by atoms with Gasteiger partial charge in [0.25, 0.3) is 0 Å². The van der Waals surface area contributed by atoms with Crippen molar-refractivity contribution in [2.24, 2.45) is 0 Å². The van der Waals surface area contributed by atoms with Gasteiger partial charge in [-0.05, 0) is 29.8 Å². The highest BCUT2D eigenvalue weighted by atomic mass is 32.2. The molecule has 21 heavy (non-hydrogen) atoms. The Labute approximate surface area is 127 Å². The summed E-state index contributed by atoms with van der Waals surface area (Å²) in [6.45, 7) is 0. The van der Waals surface area contributed by atoms with Gasteiger partial charge in [-0.25, -0.2) is 9.18 Å². The fourth-order valence-electron chi connectivity index (χ4n) is 1.81. The predicted molar refractivity (Wildman–Crippen MR) is 80.3 cm³/mol. The highest BCUT2D eigenvalue weighted by Gasteiger charge is 2.17. The quantitative estimate of drug-likeness (QED) is 0.620. The second-order valence-electron chi connectivity index (χ2n) is 4.24. The smallest absolute Gasteiger partial charge is 0.342 e. The molecule has 0 aromatic heterocycles. The molecule has 5 heteroatoms. The topological polar surface area (TPSA) is 35.5 Å². The molecular weight excluding hydrogens is 291 g/mol. The van der Waals surface area contributed by atoms with Gasteiger partial charge in [0, 0.05) is 10.6 Å². The first-order valence-corrected chi connectivity index (χ1v) is 7.27. The molecule has 0 spiro atoms. The van der Waals surface area contributed by atoms with Gasteiger partial charge < -0.3 is 9.47 Å². The van der Waals surface area contributed by atoms with E-state index >= 15 is 0 Å². The molecule has 2 aromatic carbocycles. The number of benzene rings is 2. The molecule has 0 fully saturated rings. The van der Waals surface area contributed by atoms with E-state index in [1.807, 2.05) is 24.3 Å². The summed E-state index contributed by atoms with van der Waals surface area (Å²) in [6, 6.07) is 12.1. The number of esters is 1. The maximum atomic E-state index is 13.8. The zero-order valence-corrected chi connectivity index (χ0v) is 12.6. The Morgan fingerprint density at radius 3 is 2.48 bits per heavy atom. The lowest BCUT2D eigenvalue weighted by atomic mass is 10.2. The Bertz CT molecular complexity index is 626. The van der Waals surface area contributed by atoms with Crippen LogP contribution in [0, 0.1) is 5.82 Å². The third-order valence-electron chi connectivity index (χ3n) is 2.92. The first-order valence-electron chi connectivity index (χ1n) is 6.28. The van der Waals surface area contributed by atoms with Crippen LogP contribution in [-0.2, 0) is 10.5 Å². The van der Waals surface area contributed by atoms with Crippen molar-refractivity contribution in [2.45, 2.75) is 10.6 Å². The van der Waals surface area contributed by atoms with Gasteiger partial charge in [0.05, 0.1) is 14.2 Å². The van der Waals surface area contributed by atoms with E-state index in [0.29, 0.717) is 10.6 Å². The predicted octanol–water partition coefficient (Wildman–Crippen LogP) is 3.91. The number of ether oxygens (including phenoxy) is 2. The van der Waals surface area contributed by atoms with E-state index < -0.39 is 11.8 Å². The molecule has 0 aliphatic carbocycles. The lowest BCUT2D eigenvalue weighted by Gasteiger charge is -2.09. The maximum Gasteiger partial charge on any atom is 0.342 e. The van der Waals surface area contributed by atoms with Crippen LogP contribution in [0.3, 0.4) is 0 Å². The number of hydrogen-bond donors (Lipinski definition) is 0. The molecule has 0 amide bonds. The fourth-order valence-corrected chi connectivity index (χ4v) is 2.82. The van der Waals surface area contributed by atoms with Gasteiger partial charge in [0.2, 0.25) is 0 Å². The summed E-state index contributed by atoms with van der Waals surface area (Å²) in [4.78, 5) is 12.2. The normalized spacial score (nSPS) is 10.2. The molecular formula is C16H15FO3S. The second kappa shape index (κ2) is 7.13. The van der Waals surface area contributed by atoms with Gasteiger partial charge in [0.15, 0.2) is 0 Å². The average molecular weight is 306 g/mol. The molecule has 2 aromatic rings. The van der Waals surface area contributed by atoms with Gasteiger partial charge in [0.1, 0.15) is 17.1 Å². The van der Waals surface area contributed by atoms with Crippen LogP contribution >= 0.6 is 11.8 Å². The van der Waals surface area contributed by atoms with Crippen LogP contribution in [0.5, 0.6) is 5.75 Å². The summed E-state index contributed by atoms with van der Waals surface area (Å²) in [6.07, 6.45) is 0. The zero-order valence-electron chi connectivity index (χ0n) is 11.8. The van der Waals surface area contributed by atoms with Crippen molar-refractivity contribution in [3.63, 3.8) is 0 Å². The van der Waals surface area contributed by atoms with Crippen molar-refractivity contribution in [2.75, 3.05) is 14.2 Å². The molecule has 0 aliphatic rings. The molecule has 2 rings (SSSR count). The SMILES string of the molecule is COC(=O)c1c(F)cccc1SCc1ccc(OC)cc1. The van der Waals surface area contributed by atoms with E-state index in [4.69, 9.17) is 4.74 Å². The van der Waals surface area contributed by atoms with Crippen molar-refractivity contribution >= 4 is 17.7 Å². The molecule has 110 valence electrons. The maximum absolute atomic E-state index is 13.8. The number of carbonyl (C=O) groups is 1. The third kappa shape index (κ3) is 3.76. The molecule has 0 saturated heterocycles. The van der Waals surface area contributed by atoms with Gasteiger partial charge in [-0.2, -0.15) is 0 Å². The standard InChI is InChI=1S/C16H15FO3S/c1-19-12-8-6-11(7-9-12)10-21-14-5-3-4-13(17)15(14)16(18)20-2/h3-9H,10H2,1-2H3. The van der Waals surface area contributed by atoms with Crippen LogP contribution in [0.15, 0.2) is 47.4 Å². The monoisotopic (exact) mass is 306 g/mol. The Hall–Kier alpha value is -2.01. The molecule has 0 heterocycles. The van der Waals surface area contributed by atoms with E-state index in [0.717, 1.165) is 11.3 Å². The Kier molecular flexibility index (Phi) is 5.22. The Morgan fingerprint density at radius 1 is 1.14 bits per heavy atom. The van der Waals surface area contributed by atoms with Crippen LogP contribution in [0.4, 0.5) is 4.39 Å². The number of methoxy groups -OCH3 is 2. The van der Waals surface area contributed by atoms with Crippen molar-refractivity contribution in [3.05, 3.63) is 59.4 Å².